The van der Waals surface area contributed by atoms with Gasteiger partial charge >= 0.3 is 5.97 Å². The van der Waals surface area contributed by atoms with Crippen LogP contribution in [0.1, 0.15) is 39.2 Å². The number of carbonyl (C=O) groups excluding carboxylic acids is 1. The average molecular weight is 455 g/mol. The normalized spacial score (nSPS) is 11.5. The third-order valence-electron chi connectivity index (χ3n) is 4.74. The molecule has 0 spiro atoms. The third-order valence-corrected chi connectivity index (χ3v) is 6.27. The summed E-state index contributed by atoms with van der Waals surface area (Å²) in [6.07, 6.45) is 3.44. The number of thiophene rings is 1. The van der Waals surface area contributed by atoms with Gasteiger partial charge in [0.25, 0.3) is 5.56 Å². The predicted molar refractivity (Wildman–Crippen MR) is 123 cm³/mol. The highest BCUT2D eigenvalue weighted by Gasteiger charge is 2.20. The number of benzene rings is 1. The number of aryl methyl sites for hydroxylation is 2. The van der Waals surface area contributed by atoms with Gasteiger partial charge in [-0.25, -0.2) is 14.5 Å². The molecule has 0 saturated carbocycles. The molecular formula is C22H19ClN4O3S. The zero-order valence-electron chi connectivity index (χ0n) is 17.1. The van der Waals surface area contributed by atoms with Crippen molar-refractivity contribution >= 4 is 51.3 Å². The maximum absolute atomic E-state index is 12.6. The lowest BCUT2D eigenvalue weighted by Gasteiger charge is -2.02. The standard InChI is InChI=1S/C22H19ClN4O3S/c1-4-30-22(29)18-12(2)17-20(28)24-16(25-21(17)31-18)11-10-15-13(3)26-27(19(15)23)14-8-6-5-7-9-14/h5-11H,4H2,1-3H3,(H,24,25,28)/b11-10+. The Bertz CT molecular complexity index is 1370. The first-order chi connectivity index (χ1) is 14.9. The zero-order chi connectivity index (χ0) is 22.1. The number of esters is 1. The summed E-state index contributed by atoms with van der Waals surface area (Å²) in [5.74, 6) is -0.0905. The number of nitrogens with one attached hydrogen (secondary N) is 1. The minimum atomic E-state index is -0.449. The Morgan fingerprint density at radius 2 is 2.00 bits per heavy atom. The van der Waals surface area contributed by atoms with Crippen molar-refractivity contribution in [2.75, 3.05) is 6.61 Å². The number of aromatic amines is 1. The van der Waals surface area contributed by atoms with Crippen LogP contribution in [0.3, 0.4) is 0 Å². The van der Waals surface area contributed by atoms with Crippen molar-refractivity contribution in [3.8, 4) is 5.69 Å². The smallest absolute Gasteiger partial charge is 0.348 e. The van der Waals surface area contributed by atoms with Crippen LogP contribution in [0.2, 0.25) is 5.15 Å². The maximum atomic E-state index is 12.6. The maximum Gasteiger partial charge on any atom is 0.348 e. The fourth-order valence-corrected chi connectivity index (χ4v) is 4.65. The first-order valence-electron chi connectivity index (χ1n) is 9.59. The summed E-state index contributed by atoms with van der Waals surface area (Å²) in [4.78, 5) is 32.9. The quantitative estimate of drug-likeness (QED) is 0.438. The van der Waals surface area contributed by atoms with E-state index in [-0.39, 0.29) is 12.2 Å². The zero-order valence-corrected chi connectivity index (χ0v) is 18.7. The van der Waals surface area contributed by atoms with E-state index in [1.807, 2.05) is 37.3 Å². The largest absolute Gasteiger partial charge is 0.462 e. The van der Waals surface area contributed by atoms with Gasteiger partial charge in [-0.1, -0.05) is 29.8 Å². The molecule has 31 heavy (non-hydrogen) atoms. The average Bonchev–Trinajstić information content (AvgIpc) is 3.23. The van der Waals surface area contributed by atoms with Crippen molar-refractivity contribution in [1.29, 1.82) is 0 Å². The molecule has 0 aliphatic carbocycles. The summed E-state index contributed by atoms with van der Waals surface area (Å²) in [7, 11) is 0. The number of aromatic nitrogens is 4. The highest BCUT2D eigenvalue weighted by atomic mass is 35.5. The minimum Gasteiger partial charge on any atom is -0.462 e. The van der Waals surface area contributed by atoms with Gasteiger partial charge in [-0.15, -0.1) is 11.3 Å². The van der Waals surface area contributed by atoms with E-state index < -0.39 is 5.97 Å². The number of halogens is 1. The molecule has 4 rings (SSSR count). The summed E-state index contributed by atoms with van der Waals surface area (Å²) < 4.78 is 6.73. The summed E-state index contributed by atoms with van der Waals surface area (Å²) in [6, 6.07) is 9.58. The van der Waals surface area contributed by atoms with Crippen LogP contribution in [0.4, 0.5) is 0 Å². The van der Waals surface area contributed by atoms with Gasteiger partial charge in [0.05, 0.1) is 23.4 Å². The number of carbonyl (C=O) groups is 1. The lowest BCUT2D eigenvalue weighted by molar-refractivity contribution is 0.0531. The Morgan fingerprint density at radius 1 is 1.26 bits per heavy atom. The first kappa shape index (κ1) is 21.0. The number of para-hydroxylation sites is 1. The van der Waals surface area contributed by atoms with Gasteiger partial charge in [-0.3, -0.25) is 4.79 Å². The Hall–Kier alpha value is -3.23. The number of fused-ring (bicyclic) bond motifs is 1. The SMILES string of the molecule is CCOC(=O)c1sc2nc(/C=C/c3c(C)nn(-c4ccccc4)c3Cl)[nH]c(=O)c2c1C. The monoisotopic (exact) mass is 454 g/mol. The highest BCUT2D eigenvalue weighted by molar-refractivity contribution is 7.20. The number of rotatable bonds is 5. The van der Waals surface area contributed by atoms with E-state index in [0.29, 0.717) is 31.6 Å². The minimum absolute atomic E-state index is 0.265. The topological polar surface area (TPSA) is 89.9 Å². The first-order valence-corrected chi connectivity index (χ1v) is 10.8. The van der Waals surface area contributed by atoms with Gasteiger partial charge in [-0.2, -0.15) is 5.10 Å². The van der Waals surface area contributed by atoms with E-state index in [2.05, 4.69) is 15.1 Å². The molecule has 0 atom stereocenters. The van der Waals surface area contributed by atoms with Gasteiger partial charge in [0, 0.05) is 5.56 Å². The molecule has 1 aromatic carbocycles. The molecule has 0 unspecified atom stereocenters. The van der Waals surface area contributed by atoms with Crippen molar-refractivity contribution in [3.05, 3.63) is 73.4 Å². The van der Waals surface area contributed by atoms with Gasteiger partial charge in [0.2, 0.25) is 0 Å². The molecule has 3 aromatic heterocycles. The van der Waals surface area contributed by atoms with E-state index in [4.69, 9.17) is 16.3 Å². The van der Waals surface area contributed by atoms with E-state index in [1.54, 1.807) is 30.7 Å². The van der Waals surface area contributed by atoms with Crippen molar-refractivity contribution in [3.63, 3.8) is 0 Å². The van der Waals surface area contributed by atoms with Gasteiger partial charge in [-0.05, 0) is 50.6 Å². The van der Waals surface area contributed by atoms with E-state index in [1.165, 1.54) is 0 Å². The van der Waals surface area contributed by atoms with Crippen LogP contribution in [-0.4, -0.2) is 32.3 Å². The number of nitrogens with zero attached hydrogens (tertiary/aromatic N) is 3. The molecule has 0 bridgehead atoms. The summed E-state index contributed by atoms with van der Waals surface area (Å²) >= 11 is 7.70. The fraction of sp³-hybridized carbons (Fsp3) is 0.182. The molecule has 0 aliphatic rings. The highest BCUT2D eigenvalue weighted by Crippen LogP contribution is 2.28. The molecule has 0 aliphatic heterocycles. The van der Waals surface area contributed by atoms with Crippen molar-refractivity contribution in [2.45, 2.75) is 20.8 Å². The number of H-pyrrole nitrogens is 1. The fourth-order valence-electron chi connectivity index (χ4n) is 3.23. The van der Waals surface area contributed by atoms with Crippen LogP contribution in [0, 0.1) is 13.8 Å². The molecule has 158 valence electrons. The van der Waals surface area contributed by atoms with Crippen LogP contribution in [0.5, 0.6) is 0 Å². The van der Waals surface area contributed by atoms with E-state index >= 15 is 0 Å². The molecule has 0 saturated heterocycles. The molecule has 9 heteroatoms. The molecule has 4 aromatic rings. The second kappa shape index (κ2) is 8.49. The van der Waals surface area contributed by atoms with Gasteiger partial charge in [0.15, 0.2) is 0 Å². The molecule has 3 heterocycles. The third kappa shape index (κ3) is 3.92. The van der Waals surface area contributed by atoms with Crippen LogP contribution in [0.25, 0.3) is 28.1 Å². The van der Waals surface area contributed by atoms with Crippen molar-refractivity contribution in [1.82, 2.24) is 19.7 Å². The Labute approximate surface area is 187 Å². The second-order valence-electron chi connectivity index (χ2n) is 6.78. The molecule has 7 nitrogen and oxygen atoms in total. The number of hydrogen-bond acceptors (Lipinski definition) is 6. The Balaban J connectivity index is 1.72. The summed E-state index contributed by atoms with van der Waals surface area (Å²) in [5.41, 5.74) is 2.58. The molecular weight excluding hydrogens is 436 g/mol. The van der Waals surface area contributed by atoms with Gasteiger partial charge < -0.3 is 9.72 Å². The Morgan fingerprint density at radius 3 is 2.71 bits per heavy atom. The molecule has 0 amide bonds. The van der Waals surface area contributed by atoms with Crippen molar-refractivity contribution in [2.24, 2.45) is 0 Å². The number of hydrogen-bond donors (Lipinski definition) is 1. The van der Waals surface area contributed by atoms with Gasteiger partial charge in [0.1, 0.15) is 20.7 Å². The lowest BCUT2D eigenvalue weighted by Crippen LogP contribution is -2.10. The molecule has 0 fully saturated rings. The molecule has 1 N–H and O–H groups in total. The van der Waals surface area contributed by atoms with Crippen LogP contribution < -0.4 is 5.56 Å². The van der Waals surface area contributed by atoms with Crippen molar-refractivity contribution < 1.29 is 9.53 Å². The van der Waals surface area contributed by atoms with Crippen LogP contribution in [-0.2, 0) is 4.74 Å². The second-order valence-corrected chi connectivity index (χ2v) is 8.14. The van der Waals surface area contributed by atoms with Crippen LogP contribution >= 0.6 is 22.9 Å². The van der Waals surface area contributed by atoms with E-state index in [9.17, 15) is 9.59 Å². The summed E-state index contributed by atoms with van der Waals surface area (Å²) in [5, 5.41) is 5.36. The summed E-state index contributed by atoms with van der Waals surface area (Å²) in [6.45, 7) is 5.58. The lowest BCUT2D eigenvalue weighted by atomic mass is 10.2. The molecule has 0 radical (unpaired) electrons. The van der Waals surface area contributed by atoms with Crippen LogP contribution in [0.15, 0.2) is 35.1 Å². The number of ether oxygens (including phenoxy) is 1. The van der Waals surface area contributed by atoms with E-state index in [0.717, 1.165) is 28.3 Å². The Kier molecular flexibility index (Phi) is 5.75. The predicted octanol–water partition coefficient (Wildman–Crippen LogP) is 4.79.